The molecule has 2 N–H and O–H groups in total. The van der Waals surface area contributed by atoms with E-state index in [9.17, 15) is 10.1 Å². The molecule has 1 atom stereocenters. The van der Waals surface area contributed by atoms with Gasteiger partial charge in [-0.2, -0.15) is 5.26 Å². The Morgan fingerprint density at radius 1 is 1.30 bits per heavy atom. The number of hydrogen-bond acceptors (Lipinski definition) is 6. The minimum absolute atomic E-state index is 0.0978. The Hall–Kier alpha value is -2.20. The molecule has 0 radical (unpaired) electrons. The van der Waals surface area contributed by atoms with Crippen molar-refractivity contribution < 1.29 is 4.79 Å². The average molecular weight is 456 g/mol. The Morgan fingerprint density at radius 3 is 2.73 bits per heavy atom. The summed E-state index contributed by atoms with van der Waals surface area (Å²) in [5.74, 6) is 0.0646. The number of nitrogens with zero attached hydrogens (tertiary/aromatic N) is 2. The van der Waals surface area contributed by atoms with Crippen LogP contribution < -0.4 is 10.6 Å². The van der Waals surface area contributed by atoms with Gasteiger partial charge in [0.25, 0.3) is 0 Å². The number of carbonyl (C=O) groups is 1. The fourth-order valence-electron chi connectivity index (χ4n) is 4.29. The number of rotatable bonds is 3. The van der Waals surface area contributed by atoms with E-state index in [2.05, 4.69) is 19.1 Å². The maximum atomic E-state index is 13.2. The fraction of sp³-hybridized carbons (Fsp3) is 0.304. The lowest BCUT2D eigenvalue weighted by molar-refractivity contribution is -0.116. The molecule has 1 aliphatic heterocycles. The Kier molecular flexibility index (Phi) is 5.71. The normalized spacial score (nSPS) is 19.2. The maximum Gasteiger partial charge on any atom is 0.161 e. The second-order valence-electron chi connectivity index (χ2n) is 7.55. The van der Waals surface area contributed by atoms with Gasteiger partial charge in [-0.15, -0.1) is 23.1 Å². The molecule has 1 unspecified atom stereocenters. The minimum atomic E-state index is -0.414. The van der Waals surface area contributed by atoms with E-state index < -0.39 is 5.92 Å². The van der Waals surface area contributed by atoms with Crippen molar-refractivity contribution in [2.75, 3.05) is 11.2 Å². The van der Waals surface area contributed by atoms with Gasteiger partial charge in [0, 0.05) is 33.3 Å². The average Bonchev–Trinajstić information content (AvgIpc) is 3.10. The summed E-state index contributed by atoms with van der Waals surface area (Å²) in [6, 6.07) is 10.1. The second kappa shape index (κ2) is 8.14. The van der Waals surface area contributed by atoms with Crippen molar-refractivity contribution in [3.05, 3.63) is 68.0 Å². The predicted octanol–water partition coefficient (Wildman–Crippen LogP) is 6.05. The smallest absolute Gasteiger partial charge is 0.161 e. The lowest BCUT2D eigenvalue weighted by Gasteiger charge is -2.39. The van der Waals surface area contributed by atoms with Crippen molar-refractivity contribution in [1.82, 2.24) is 0 Å². The van der Waals surface area contributed by atoms with Crippen LogP contribution in [0.3, 0.4) is 0 Å². The van der Waals surface area contributed by atoms with Crippen molar-refractivity contribution in [2.24, 2.45) is 5.73 Å². The van der Waals surface area contributed by atoms with E-state index in [1.165, 1.54) is 0 Å². The van der Waals surface area contributed by atoms with Crippen LogP contribution in [0.1, 0.15) is 41.2 Å². The summed E-state index contributed by atoms with van der Waals surface area (Å²) in [6.45, 7) is 3.99. The van der Waals surface area contributed by atoms with Crippen LogP contribution in [0.15, 0.2) is 51.1 Å². The zero-order valence-corrected chi connectivity index (χ0v) is 19.5. The van der Waals surface area contributed by atoms with Crippen molar-refractivity contribution in [3.8, 4) is 6.07 Å². The standard InChI is InChI=1S/C23H22ClN3OS2/c1-12-7-8-14(10-17(12)24)27-18-5-4-6-19(28)21(18)20(16(11-25)22(27)26)15-9-13(2)30-23(15)29-3/h7-10,20H,4-6,26H2,1-3H3. The fourth-order valence-corrected chi connectivity index (χ4v) is 6.37. The molecule has 30 heavy (non-hydrogen) atoms. The zero-order valence-electron chi connectivity index (χ0n) is 17.1. The van der Waals surface area contributed by atoms with Crippen LogP contribution in [0.4, 0.5) is 5.69 Å². The lowest BCUT2D eigenvalue weighted by atomic mass is 9.76. The largest absolute Gasteiger partial charge is 0.384 e. The topological polar surface area (TPSA) is 70.1 Å². The van der Waals surface area contributed by atoms with Crippen molar-refractivity contribution >= 4 is 46.2 Å². The second-order valence-corrected chi connectivity index (χ2v) is 10.3. The van der Waals surface area contributed by atoms with Crippen LogP contribution in [-0.4, -0.2) is 12.0 Å². The first-order valence-electron chi connectivity index (χ1n) is 9.74. The predicted molar refractivity (Wildman–Crippen MR) is 125 cm³/mol. The van der Waals surface area contributed by atoms with Gasteiger partial charge in [-0.3, -0.25) is 9.69 Å². The van der Waals surface area contributed by atoms with E-state index in [0.717, 1.165) is 44.4 Å². The van der Waals surface area contributed by atoms with Crippen LogP contribution in [0, 0.1) is 25.2 Å². The van der Waals surface area contributed by atoms with Crippen LogP contribution >= 0.6 is 34.7 Å². The van der Waals surface area contributed by atoms with Crippen molar-refractivity contribution in [2.45, 2.75) is 43.2 Å². The van der Waals surface area contributed by atoms with E-state index >= 15 is 0 Å². The van der Waals surface area contributed by atoms with Gasteiger partial charge < -0.3 is 5.73 Å². The first kappa shape index (κ1) is 21.0. The number of nitrogens with two attached hydrogens (primary N) is 1. The molecule has 7 heteroatoms. The highest BCUT2D eigenvalue weighted by molar-refractivity contribution is 8.00. The molecule has 1 aromatic carbocycles. The molecule has 4 rings (SSSR count). The number of thiophene rings is 1. The number of thioether (sulfide) groups is 1. The summed E-state index contributed by atoms with van der Waals surface area (Å²) in [4.78, 5) is 16.2. The van der Waals surface area contributed by atoms with Crippen molar-refractivity contribution in [3.63, 3.8) is 0 Å². The van der Waals surface area contributed by atoms with E-state index in [-0.39, 0.29) is 5.78 Å². The number of halogens is 1. The first-order chi connectivity index (χ1) is 14.4. The molecule has 0 saturated carbocycles. The van der Waals surface area contributed by atoms with Gasteiger partial charge in [0.1, 0.15) is 5.82 Å². The molecule has 2 aliphatic rings. The van der Waals surface area contributed by atoms with E-state index in [1.807, 2.05) is 36.3 Å². The summed E-state index contributed by atoms with van der Waals surface area (Å²) < 4.78 is 1.12. The quantitative estimate of drug-likeness (QED) is 0.571. The Balaban J connectivity index is 1.99. The van der Waals surface area contributed by atoms with Crippen LogP contribution in [-0.2, 0) is 4.79 Å². The molecular formula is C23H22ClN3OS2. The number of anilines is 1. The summed E-state index contributed by atoms with van der Waals surface area (Å²) >= 11 is 9.72. The molecule has 154 valence electrons. The molecule has 2 aromatic rings. The number of hydrogen-bond donors (Lipinski definition) is 1. The monoisotopic (exact) mass is 455 g/mol. The molecule has 0 fully saturated rings. The molecule has 0 amide bonds. The molecule has 0 saturated heterocycles. The lowest BCUT2D eigenvalue weighted by Crippen LogP contribution is -2.38. The van der Waals surface area contributed by atoms with Crippen LogP contribution in [0.25, 0.3) is 0 Å². The highest BCUT2D eigenvalue weighted by Gasteiger charge is 2.41. The van der Waals surface area contributed by atoms with Gasteiger partial charge in [0.05, 0.1) is 21.8 Å². The van der Waals surface area contributed by atoms with Gasteiger partial charge in [0.15, 0.2) is 5.78 Å². The number of Topliss-reactive ketones (excluding diaryl/α,β-unsaturated/α-hetero) is 1. The first-order valence-corrected chi connectivity index (χ1v) is 12.2. The minimum Gasteiger partial charge on any atom is -0.384 e. The summed E-state index contributed by atoms with van der Waals surface area (Å²) in [7, 11) is 0. The Labute approximate surface area is 190 Å². The van der Waals surface area contributed by atoms with E-state index in [1.54, 1.807) is 23.1 Å². The third-order valence-electron chi connectivity index (χ3n) is 5.67. The highest BCUT2D eigenvalue weighted by atomic mass is 35.5. The van der Waals surface area contributed by atoms with Gasteiger partial charge in [0.2, 0.25) is 0 Å². The number of carbonyl (C=O) groups excluding carboxylic acids is 1. The molecule has 0 bridgehead atoms. The number of aryl methyl sites for hydroxylation is 2. The number of nitriles is 1. The third kappa shape index (κ3) is 3.35. The van der Waals surface area contributed by atoms with E-state index in [0.29, 0.717) is 28.4 Å². The van der Waals surface area contributed by atoms with Gasteiger partial charge >= 0.3 is 0 Å². The van der Waals surface area contributed by atoms with Crippen molar-refractivity contribution in [1.29, 1.82) is 5.26 Å². The number of allylic oxidation sites excluding steroid dienone is 3. The number of benzene rings is 1. The summed E-state index contributed by atoms with van der Waals surface area (Å²) in [6.07, 6.45) is 4.03. The van der Waals surface area contributed by atoms with Crippen LogP contribution in [0.5, 0.6) is 0 Å². The van der Waals surface area contributed by atoms with Gasteiger partial charge in [-0.25, -0.2) is 0 Å². The molecular weight excluding hydrogens is 434 g/mol. The molecule has 2 heterocycles. The third-order valence-corrected chi connectivity index (χ3v) is 8.30. The Morgan fingerprint density at radius 2 is 2.07 bits per heavy atom. The Bertz CT molecular complexity index is 1160. The molecule has 4 nitrogen and oxygen atoms in total. The van der Waals surface area contributed by atoms with E-state index in [4.69, 9.17) is 17.3 Å². The maximum absolute atomic E-state index is 13.2. The van der Waals surface area contributed by atoms with Gasteiger partial charge in [-0.05, 0) is 62.3 Å². The molecule has 1 aliphatic carbocycles. The van der Waals surface area contributed by atoms with Gasteiger partial charge in [-0.1, -0.05) is 17.7 Å². The zero-order chi connectivity index (χ0) is 21.6. The number of ketones is 1. The highest BCUT2D eigenvalue weighted by Crippen LogP contribution is 2.49. The summed E-state index contributed by atoms with van der Waals surface area (Å²) in [5, 5.41) is 10.8. The molecule has 0 spiro atoms. The molecule has 1 aromatic heterocycles. The summed E-state index contributed by atoms with van der Waals surface area (Å²) in [5.41, 5.74) is 11.4. The van der Waals surface area contributed by atoms with Crippen LogP contribution in [0.2, 0.25) is 5.02 Å². The SMILES string of the molecule is CSc1sc(C)cc1C1C(C#N)=C(N)N(c2ccc(C)c(Cl)c2)C2=C1C(=O)CCC2.